The third-order valence-corrected chi connectivity index (χ3v) is 17.1. The molecule has 0 radical (unpaired) electrons. The third-order valence-electron chi connectivity index (χ3n) is 12.6. The topological polar surface area (TPSA) is 135 Å². The van der Waals surface area contributed by atoms with E-state index in [-0.39, 0.29) is 51.8 Å². The Kier molecular flexibility index (Phi) is 9.44. The Labute approximate surface area is 313 Å². The number of fused-ring (bicyclic) bond motifs is 4. The second-order valence-corrected chi connectivity index (χ2v) is 21.6. The predicted octanol–water partition coefficient (Wildman–Crippen LogP) is 7.41. The Hall–Kier alpha value is -3.97. The van der Waals surface area contributed by atoms with Crippen molar-refractivity contribution in [2.75, 3.05) is 34.3 Å². The Balaban J connectivity index is 1.42. The van der Waals surface area contributed by atoms with Crippen LogP contribution in [0.25, 0.3) is 5.76 Å². The number of benzene rings is 2. The minimum atomic E-state index is -2.89. The number of carbonyl (C=O) groups is 2. The molecular weight excluding hydrogens is 691 g/mol. The Morgan fingerprint density at radius 1 is 1.09 bits per heavy atom. The van der Waals surface area contributed by atoms with Crippen molar-refractivity contribution >= 4 is 25.6 Å². The normalized spacial score (nSPS) is 26.0. The van der Waals surface area contributed by atoms with Gasteiger partial charge in [-0.05, 0) is 93.7 Å². The van der Waals surface area contributed by atoms with E-state index in [1.807, 2.05) is 62.4 Å². The van der Waals surface area contributed by atoms with Gasteiger partial charge < -0.3 is 28.6 Å². The fourth-order valence-electron chi connectivity index (χ4n) is 9.08. The number of phenols is 1. The summed E-state index contributed by atoms with van der Waals surface area (Å²) in [6, 6.07) is 10.7. The number of ether oxygens (including phenoxy) is 2. The van der Waals surface area contributed by atoms with Crippen molar-refractivity contribution in [3.8, 4) is 17.4 Å². The highest BCUT2D eigenvalue weighted by Gasteiger charge is 2.69. The van der Waals surface area contributed by atoms with Crippen molar-refractivity contribution in [2.24, 2.45) is 11.8 Å². The molecule has 1 aliphatic heterocycles. The maximum absolute atomic E-state index is 15.6. The number of carbonyl (C=O) groups excluding carboxylic acids is 2. The molecule has 2 N–H and O–H groups in total. The van der Waals surface area contributed by atoms with Gasteiger partial charge in [-0.2, -0.15) is 0 Å². The van der Waals surface area contributed by atoms with Crippen LogP contribution in [0.3, 0.4) is 0 Å². The average Bonchev–Trinajstić information content (AvgIpc) is 3.75. The number of likely N-dealkylation sites (tertiary alicyclic amines) is 1. The lowest BCUT2D eigenvalue weighted by molar-refractivity contribution is -0.140. The molecule has 2 aromatic carbocycles. The second kappa shape index (κ2) is 13.4. The first kappa shape index (κ1) is 37.3. The van der Waals surface area contributed by atoms with Gasteiger partial charge in [0.25, 0.3) is 5.88 Å². The number of aromatic nitrogens is 1. The number of aliphatic hydroxyl groups is 1. The van der Waals surface area contributed by atoms with E-state index in [1.165, 1.54) is 0 Å². The molecule has 284 valence electrons. The largest absolute Gasteiger partial charge is 0.507 e. The van der Waals surface area contributed by atoms with Crippen LogP contribution < -0.4 is 9.47 Å². The van der Waals surface area contributed by atoms with Crippen molar-refractivity contribution in [3.63, 3.8) is 0 Å². The summed E-state index contributed by atoms with van der Waals surface area (Å²) in [6.07, 6.45) is 2.62. The number of methoxy groups -OCH3 is 1. The molecular formula is C41H53N3O8Si. The van der Waals surface area contributed by atoms with Gasteiger partial charge in [0.2, 0.25) is 11.6 Å². The molecule has 1 aromatic heterocycles. The summed E-state index contributed by atoms with van der Waals surface area (Å²) in [6.45, 7) is 14.3. The van der Waals surface area contributed by atoms with Crippen LogP contribution in [-0.2, 0) is 22.2 Å². The summed E-state index contributed by atoms with van der Waals surface area (Å²) >= 11 is 0. The molecule has 1 saturated heterocycles. The number of hydrogen-bond acceptors (Lipinski definition) is 11. The summed E-state index contributed by atoms with van der Waals surface area (Å²) in [5, 5.41) is 27.8. The van der Waals surface area contributed by atoms with Crippen molar-refractivity contribution in [1.82, 2.24) is 15.0 Å². The number of aromatic hydroxyl groups is 1. The maximum Gasteiger partial charge on any atom is 0.265 e. The number of nitrogens with zero attached hydrogens (tertiary/aromatic N) is 3. The van der Waals surface area contributed by atoms with E-state index in [2.05, 4.69) is 37.8 Å². The van der Waals surface area contributed by atoms with E-state index < -0.39 is 43.4 Å². The first-order valence-electron chi connectivity index (χ1n) is 18.8. The summed E-state index contributed by atoms with van der Waals surface area (Å²) in [4.78, 5) is 35.3. The van der Waals surface area contributed by atoms with Gasteiger partial charge in [0.1, 0.15) is 29.4 Å². The van der Waals surface area contributed by atoms with Crippen LogP contribution in [0.1, 0.15) is 97.4 Å². The summed E-state index contributed by atoms with van der Waals surface area (Å²) in [5.74, 6) is -1.82. The maximum atomic E-state index is 15.6. The number of Topliss-reactive ketones (excluding diaryl/α,β-unsaturated/α-hetero) is 2. The third kappa shape index (κ3) is 5.75. The molecule has 3 aliphatic carbocycles. The number of hydrogen-bond donors (Lipinski definition) is 2. The molecule has 0 bridgehead atoms. The Bertz CT molecular complexity index is 1960. The number of ketones is 2. The predicted molar refractivity (Wildman–Crippen MR) is 203 cm³/mol. The minimum absolute atomic E-state index is 0.00224. The highest BCUT2D eigenvalue weighted by atomic mass is 28.4. The molecule has 11 nitrogen and oxygen atoms in total. The molecule has 53 heavy (non-hydrogen) atoms. The molecule has 0 amide bonds. The molecule has 4 aliphatic rings. The van der Waals surface area contributed by atoms with Crippen molar-refractivity contribution < 1.29 is 38.2 Å². The summed E-state index contributed by atoms with van der Waals surface area (Å²) in [7, 11) is 2.52. The van der Waals surface area contributed by atoms with Crippen LogP contribution in [0.2, 0.25) is 18.1 Å². The zero-order valence-electron chi connectivity index (χ0n) is 32.4. The van der Waals surface area contributed by atoms with Crippen LogP contribution in [0.15, 0.2) is 46.5 Å². The first-order chi connectivity index (χ1) is 25.1. The molecule has 0 spiro atoms. The van der Waals surface area contributed by atoms with Crippen LogP contribution in [-0.4, -0.2) is 84.9 Å². The zero-order chi connectivity index (χ0) is 38.2. The van der Waals surface area contributed by atoms with Gasteiger partial charge in [-0.15, -0.1) is 0 Å². The Morgan fingerprint density at radius 2 is 1.81 bits per heavy atom. The van der Waals surface area contributed by atoms with Crippen LogP contribution in [0, 0.1) is 11.8 Å². The lowest BCUT2D eigenvalue weighted by Gasteiger charge is -2.55. The quantitative estimate of drug-likeness (QED) is 0.168. The molecule has 5 atom stereocenters. The van der Waals surface area contributed by atoms with Gasteiger partial charge in [-0.3, -0.25) is 19.4 Å². The van der Waals surface area contributed by atoms with Gasteiger partial charge in [0, 0.05) is 28.7 Å². The summed E-state index contributed by atoms with van der Waals surface area (Å²) in [5.41, 5.74) is 0.785. The smallest absolute Gasteiger partial charge is 0.265 e. The number of rotatable bonds is 9. The van der Waals surface area contributed by atoms with E-state index in [1.54, 1.807) is 13.2 Å². The first-order valence-corrected chi connectivity index (χ1v) is 21.7. The van der Waals surface area contributed by atoms with E-state index in [9.17, 15) is 10.2 Å². The van der Waals surface area contributed by atoms with E-state index in [0.717, 1.165) is 37.1 Å². The van der Waals surface area contributed by atoms with Gasteiger partial charge in [0.05, 0.1) is 18.7 Å². The van der Waals surface area contributed by atoms with Gasteiger partial charge in [0.15, 0.2) is 19.7 Å². The van der Waals surface area contributed by atoms with Gasteiger partial charge >= 0.3 is 0 Å². The van der Waals surface area contributed by atoms with E-state index in [4.69, 9.17) is 18.4 Å². The molecule has 7 rings (SSSR count). The average molecular weight is 744 g/mol. The fourth-order valence-corrected chi connectivity index (χ4v) is 10.5. The van der Waals surface area contributed by atoms with Crippen LogP contribution in [0.4, 0.5) is 0 Å². The standard InChI is InChI=1S/C41H53N3O8Si/c1-10-44-18-14-17-28(44)25-21-29(45)31-26(35(25)49-7)19-24-20-27-33(43(5)6)36-32(39(42-51-36)50-22-23-15-12-11-13-16-23)38(48)41(27,37(47)30(24)34(31)46)52-53(8,9)40(2,3)4/h11-13,15-16,21,24,27-28,33,45-46H,10,14,17-20,22H2,1-9H3/t24-,27-,28-,33-,41-/m0/s1. The molecule has 0 unspecified atom stereocenters. The summed E-state index contributed by atoms with van der Waals surface area (Å²) < 4.78 is 25.5. The van der Waals surface area contributed by atoms with E-state index >= 15 is 9.59 Å². The molecule has 2 fully saturated rings. The fraction of sp³-hybridized carbons (Fsp3) is 0.537. The van der Waals surface area contributed by atoms with Crippen molar-refractivity contribution in [1.29, 1.82) is 0 Å². The zero-order valence-corrected chi connectivity index (χ0v) is 33.4. The molecule has 1 saturated carbocycles. The highest BCUT2D eigenvalue weighted by molar-refractivity contribution is 6.74. The van der Waals surface area contributed by atoms with Crippen LogP contribution in [0.5, 0.6) is 17.4 Å². The minimum Gasteiger partial charge on any atom is -0.507 e. The number of aliphatic hydroxyl groups excluding tert-OH is 1. The molecule has 12 heteroatoms. The van der Waals surface area contributed by atoms with E-state index in [0.29, 0.717) is 29.9 Å². The lowest BCUT2D eigenvalue weighted by Crippen LogP contribution is -2.68. The lowest BCUT2D eigenvalue weighted by atomic mass is 9.57. The van der Waals surface area contributed by atoms with Crippen LogP contribution >= 0.6 is 0 Å². The Morgan fingerprint density at radius 3 is 2.45 bits per heavy atom. The van der Waals surface area contributed by atoms with Crippen molar-refractivity contribution in [2.45, 2.75) is 95.8 Å². The van der Waals surface area contributed by atoms with Crippen molar-refractivity contribution in [3.05, 3.63) is 75.5 Å². The second-order valence-electron chi connectivity index (χ2n) is 16.8. The molecule has 3 aromatic rings. The number of phenolic OH excluding ortho intramolecular Hbond substituents is 1. The highest BCUT2D eigenvalue weighted by Crippen LogP contribution is 2.60. The monoisotopic (exact) mass is 743 g/mol. The van der Waals surface area contributed by atoms with Gasteiger partial charge in [-0.1, -0.05) is 58.0 Å². The molecule has 2 heterocycles. The van der Waals surface area contributed by atoms with Gasteiger partial charge in [-0.25, -0.2) is 0 Å². The SMILES string of the molecule is CCN1CCC[C@H]1c1cc(O)c2c(c1OC)C[C@H]1C[C@H]3[C@H](N(C)C)c4onc(OCc5ccccc5)c4C(=O)[C@@]3(O[Si](C)(C)C(C)(C)C)C(=O)C1=C2O.